The van der Waals surface area contributed by atoms with Crippen molar-refractivity contribution in [2.24, 2.45) is 0 Å². The van der Waals surface area contributed by atoms with Crippen molar-refractivity contribution in [1.29, 1.82) is 0 Å². The Kier molecular flexibility index (Phi) is 10.1. The molecule has 0 aliphatic carbocycles. The van der Waals surface area contributed by atoms with Crippen LogP contribution >= 0.6 is 0 Å². The smallest absolute Gasteiger partial charge is 0.244 e. The number of carbonyl (C=O) groups is 2. The third kappa shape index (κ3) is 7.71. The monoisotopic (exact) mass is 503 g/mol. The minimum atomic E-state index is -3.80. The first-order chi connectivity index (χ1) is 16.5. The van der Waals surface area contributed by atoms with Gasteiger partial charge in [-0.3, -0.25) is 13.9 Å². The number of hydrogen-bond acceptors (Lipinski definition) is 5. The van der Waals surface area contributed by atoms with E-state index < -0.39 is 28.5 Å². The molecule has 2 amide bonds. The van der Waals surface area contributed by atoms with Gasteiger partial charge in [0.2, 0.25) is 21.8 Å². The molecule has 0 radical (unpaired) electrons. The van der Waals surface area contributed by atoms with Gasteiger partial charge >= 0.3 is 0 Å². The topological polar surface area (TPSA) is 96.0 Å². The predicted octanol–water partition coefficient (Wildman–Crippen LogP) is 3.49. The van der Waals surface area contributed by atoms with E-state index in [1.54, 1.807) is 24.3 Å². The summed E-state index contributed by atoms with van der Waals surface area (Å²) < 4.78 is 31.7. The number of aryl methyl sites for hydroxylation is 1. The molecule has 0 heterocycles. The number of anilines is 1. The molecule has 0 unspecified atom stereocenters. The number of carbonyl (C=O) groups excluding carboxylic acids is 2. The van der Waals surface area contributed by atoms with Crippen molar-refractivity contribution < 1.29 is 22.7 Å². The van der Waals surface area contributed by atoms with Crippen LogP contribution in [0.3, 0.4) is 0 Å². The highest BCUT2D eigenvalue weighted by atomic mass is 32.2. The van der Waals surface area contributed by atoms with Crippen LogP contribution in [0.5, 0.6) is 5.75 Å². The Balaban J connectivity index is 2.46. The van der Waals surface area contributed by atoms with E-state index in [9.17, 15) is 18.0 Å². The van der Waals surface area contributed by atoms with Gasteiger partial charge in [-0.1, -0.05) is 44.2 Å². The van der Waals surface area contributed by atoms with Gasteiger partial charge in [-0.15, -0.1) is 0 Å². The standard InChI is InChI=1S/C26H37N3O5S/c1-7-20(4)27-26(31)24(8-2)28(17-21-13-10-9-12-19(21)3)25(30)18-29(35(6,32)33)22-14-11-15-23(16-22)34-5/h9-16,20,24H,7-8,17-18H2,1-6H3,(H,27,31)/t20-,24+/m0/s1. The van der Waals surface area contributed by atoms with E-state index in [0.717, 1.165) is 28.1 Å². The summed E-state index contributed by atoms with van der Waals surface area (Å²) in [4.78, 5) is 28.3. The second kappa shape index (κ2) is 12.6. The van der Waals surface area contributed by atoms with Crippen LogP contribution in [0.2, 0.25) is 0 Å². The lowest BCUT2D eigenvalue weighted by molar-refractivity contribution is -0.140. The maximum Gasteiger partial charge on any atom is 0.244 e. The second-order valence-electron chi connectivity index (χ2n) is 8.66. The van der Waals surface area contributed by atoms with Gasteiger partial charge < -0.3 is 15.0 Å². The Morgan fingerprint density at radius 1 is 1.06 bits per heavy atom. The van der Waals surface area contributed by atoms with Gasteiger partial charge in [0.25, 0.3) is 0 Å². The number of nitrogens with one attached hydrogen (secondary N) is 1. The number of amides is 2. The lowest BCUT2D eigenvalue weighted by atomic mass is 10.1. The summed E-state index contributed by atoms with van der Waals surface area (Å²) in [7, 11) is -2.31. The zero-order valence-electron chi connectivity index (χ0n) is 21.4. The normalized spacial score (nSPS) is 13.0. The van der Waals surface area contributed by atoms with Crippen LogP contribution in [0.25, 0.3) is 0 Å². The maximum atomic E-state index is 13.7. The highest BCUT2D eigenvalue weighted by Crippen LogP contribution is 2.24. The predicted molar refractivity (Wildman–Crippen MR) is 139 cm³/mol. The quantitative estimate of drug-likeness (QED) is 0.478. The summed E-state index contributed by atoms with van der Waals surface area (Å²) in [5, 5.41) is 2.97. The SMILES string of the molecule is CC[C@H](C(=O)N[C@@H](C)CC)N(Cc1ccccc1C)C(=O)CN(c1cccc(OC)c1)S(C)(=O)=O. The van der Waals surface area contributed by atoms with Crippen LogP contribution in [-0.2, 0) is 26.2 Å². The van der Waals surface area contributed by atoms with Gasteiger partial charge in [-0.2, -0.15) is 0 Å². The van der Waals surface area contributed by atoms with E-state index in [0.29, 0.717) is 17.9 Å². The molecule has 0 spiro atoms. The minimum absolute atomic E-state index is 0.0451. The van der Waals surface area contributed by atoms with Crippen molar-refractivity contribution in [3.05, 3.63) is 59.7 Å². The molecule has 0 saturated heterocycles. The lowest BCUT2D eigenvalue weighted by Gasteiger charge is -2.33. The molecule has 0 aliphatic rings. The first-order valence-electron chi connectivity index (χ1n) is 11.8. The van der Waals surface area contributed by atoms with E-state index in [4.69, 9.17) is 4.74 Å². The zero-order chi connectivity index (χ0) is 26.2. The molecule has 1 N–H and O–H groups in total. The molecule has 0 aliphatic heterocycles. The van der Waals surface area contributed by atoms with Gasteiger partial charge in [-0.25, -0.2) is 8.42 Å². The molecule has 2 atom stereocenters. The van der Waals surface area contributed by atoms with Crippen molar-refractivity contribution in [3.8, 4) is 5.75 Å². The van der Waals surface area contributed by atoms with Gasteiger partial charge in [0, 0.05) is 18.7 Å². The number of rotatable bonds is 12. The Morgan fingerprint density at radius 2 is 1.74 bits per heavy atom. The number of hydrogen-bond donors (Lipinski definition) is 1. The molecule has 9 heteroatoms. The number of nitrogens with zero attached hydrogens (tertiary/aromatic N) is 2. The molecule has 8 nitrogen and oxygen atoms in total. The van der Waals surface area contributed by atoms with Crippen molar-refractivity contribution in [1.82, 2.24) is 10.2 Å². The van der Waals surface area contributed by atoms with Gasteiger partial charge in [0.15, 0.2) is 0 Å². The summed E-state index contributed by atoms with van der Waals surface area (Å²) >= 11 is 0. The van der Waals surface area contributed by atoms with E-state index in [1.165, 1.54) is 12.0 Å². The van der Waals surface area contributed by atoms with Crippen LogP contribution in [0.4, 0.5) is 5.69 Å². The first kappa shape index (κ1) is 28.2. The lowest BCUT2D eigenvalue weighted by Crippen LogP contribution is -2.53. The van der Waals surface area contributed by atoms with Gasteiger partial charge in [0.1, 0.15) is 18.3 Å². The fourth-order valence-corrected chi connectivity index (χ4v) is 4.55. The van der Waals surface area contributed by atoms with Crippen LogP contribution < -0.4 is 14.4 Å². The van der Waals surface area contributed by atoms with Crippen molar-refractivity contribution in [3.63, 3.8) is 0 Å². The van der Waals surface area contributed by atoms with E-state index in [-0.39, 0.29) is 18.5 Å². The first-order valence-corrected chi connectivity index (χ1v) is 13.6. The van der Waals surface area contributed by atoms with Crippen LogP contribution in [0, 0.1) is 6.92 Å². The average Bonchev–Trinajstić information content (AvgIpc) is 2.82. The third-order valence-electron chi connectivity index (χ3n) is 6.01. The molecule has 0 bridgehead atoms. The maximum absolute atomic E-state index is 13.7. The molecular formula is C26H37N3O5S. The molecule has 192 valence electrons. The van der Waals surface area contributed by atoms with Crippen molar-refractivity contribution in [2.75, 3.05) is 24.2 Å². The summed E-state index contributed by atoms with van der Waals surface area (Å²) in [5.41, 5.74) is 2.19. The Bertz CT molecular complexity index is 1120. The second-order valence-corrected chi connectivity index (χ2v) is 10.6. The number of sulfonamides is 1. The van der Waals surface area contributed by atoms with E-state index >= 15 is 0 Å². The van der Waals surface area contributed by atoms with Gasteiger partial charge in [0.05, 0.1) is 19.1 Å². The Morgan fingerprint density at radius 3 is 2.31 bits per heavy atom. The average molecular weight is 504 g/mol. The molecule has 0 aromatic heterocycles. The molecule has 2 rings (SSSR count). The summed E-state index contributed by atoms with van der Waals surface area (Å²) in [6.45, 7) is 7.41. The summed E-state index contributed by atoms with van der Waals surface area (Å²) in [6, 6.07) is 13.4. The highest BCUT2D eigenvalue weighted by molar-refractivity contribution is 7.92. The number of benzene rings is 2. The Labute approximate surface area is 209 Å². The molecular weight excluding hydrogens is 466 g/mol. The molecule has 2 aromatic rings. The largest absolute Gasteiger partial charge is 0.497 e. The third-order valence-corrected chi connectivity index (χ3v) is 7.15. The molecule has 0 saturated carbocycles. The number of methoxy groups -OCH3 is 1. The molecule has 0 fully saturated rings. The van der Waals surface area contributed by atoms with E-state index in [1.807, 2.05) is 52.0 Å². The van der Waals surface area contributed by atoms with Crippen molar-refractivity contribution in [2.45, 2.75) is 59.2 Å². The highest BCUT2D eigenvalue weighted by Gasteiger charge is 2.32. The van der Waals surface area contributed by atoms with Crippen LogP contribution in [0.15, 0.2) is 48.5 Å². The molecule has 2 aromatic carbocycles. The summed E-state index contributed by atoms with van der Waals surface area (Å²) in [5.74, 6) is -0.247. The van der Waals surface area contributed by atoms with Gasteiger partial charge in [-0.05, 0) is 49.9 Å². The number of ether oxygens (including phenoxy) is 1. The fourth-order valence-electron chi connectivity index (χ4n) is 3.71. The zero-order valence-corrected chi connectivity index (χ0v) is 22.3. The van der Waals surface area contributed by atoms with Crippen LogP contribution in [0.1, 0.15) is 44.7 Å². The summed E-state index contributed by atoms with van der Waals surface area (Å²) in [6.07, 6.45) is 2.20. The Hall–Kier alpha value is -3.07. The molecule has 35 heavy (non-hydrogen) atoms. The van der Waals surface area contributed by atoms with E-state index in [2.05, 4.69) is 5.32 Å². The fraction of sp³-hybridized carbons (Fsp3) is 0.462. The van der Waals surface area contributed by atoms with Crippen LogP contribution in [-0.4, -0.2) is 57.1 Å². The minimum Gasteiger partial charge on any atom is -0.497 e. The van der Waals surface area contributed by atoms with Crippen molar-refractivity contribution >= 4 is 27.5 Å².